The van der Waals surface area contributed by atoms with Gasteiger partial charge in [-0.2, -0.15) is 0 Å². The second-order valence-electron chi connectivity index (χ2n) is 5.52. The van der Waals surface area contributed by atoms with Gasteiger partial charge in [0.25, 0.3) is 0 Å². The maximum absolute atomic E-state index is 11.8. The summed E-state index contributed by atoms with van der Waals surface area (Å²) in [5, 5.41) is 2.59. The molecule has 0 unspecified atom stereocenters. The van der Waals surface area contributed by atoms with Gasteiger partial charge in [-0.15, -0.1) is 0 Å². The average Bonchev–Trinajstić information content (AvgIpc) is 2.34. The Balaban J connectivity index is 2.80. The molecule has 0 aromatic carbocycles. The van der Waals surface area contributed by atoms with Crippen LogP contribution in [0.2, 0.25) is 0 Å². The summed E-state index contributed by atoms with van der Waals surface area (Å²) < 4.78 is 10.1. The highest BCUT2D eigenvalue weighted by Gasteiger charge is 2.18. The summed E-state index contributed by atoms with van der Waals surface area (Å²) in [6.07, 6.45) is -0.555. The molecule has 1 N–H and O–H groups in total. The van der Waals surface area contributed by atoms with Crippen LogP contribution in [-0.2, 0) is 16.0 Å². The zero-order chi connectivity index (χ0) is 16.0. The minimum atomic E-state index is -0.575. The lowest BCUT2D eigenvalue weighted by Gasteiger charge is -2.19. The molecule has 1 heterocycles. The Kier molecular flexibility index (Phi) is 5.69. The number of carbonyl (C=O) groups excluding carboxylic acids is 2. The van der Waals surface area contributed by atoms with E-state index in [9.17, 15) is 9.59 Å². The molecular weight excluding hydrogens is 272 g/mol. The van der Waals surface area contributed by atoms with E-state index < -0.39 is 17.7 Å². The van der Waals surface area contributed by atoms with Gasteiger partial charge in [0.2, 0.25) is 0 Å². The predicted molar refractivity (Wildman–Crippen MR) is 78.0 cm³/mol. The molecule has 0 aliphatic rings. The van der Waals surface area contributed by atoms with E-state index in [1.165, 1.54) is 0 Å². The Bertz CT molecular complexity index is 521. The van der Waals surface area contributed by atoms with E-state index in [-0.39, 0.29) is 13.2 Å². The van der Waals surface area contributed by atoms with Gasteiger partial charge in [0.1, 0.15) is 5.60 Å². The number of amides is 1. The van der Waals surface area contributed by atoms with Crippen LogP contribution < -0.4 is 5.32 Å². The number of ether oxygens (including phenoxy) is 2. The fourth-order valence-electron chi connectivity index (χ4n) is 1.61. The number of aromatic nitrogens is 1. The van der Waals surface area contributed by atoms with E-state index in [0.717, 1.165) is 5.69 Å². The van der Waals surface area contributed by atoms with E-state index in [1.807, 2.05) is 6.92 Å². The van der Waals surface area contributed by atoms with Crippen LogP contribution in [0.4, 0.5) is 4.79 Å². The van der Waals surface area contributed by atoms with Crippen LogP contribution in [0.5, 0.6) is 0 Å². The smallest absolute Gasteiger partial charge is 0.407 e. The summed E-state index contributed by atoms with van der Waals surface area (Å²) in [4.78, 5) is 27.8. The number of alkyl carbamates (subject to hydrolysis) is 1. The number of nitrogens with one attached hydrogen (secondary N) is 1. The highest BCUT2D eigenvalue weighted by atomic mass is 16.6. The Labute approximate surface area is 124 Å². The van der Waals surface area contributed by atoms with E-state index in [2.05, 4.69) is 10.3 Å². The molecule has 116 valence electrons. The van der Waals surface area contributed by atoms with Gasteiger partial charge >= 0.3 is 12.1 Å². The number of hydrogen-bond acceptors (Lipinski definition) is 5. The third kappa shape index (κ3) is 5.81. The minimum Gasteiger partial charge on any atom is -0.462 e. The zero-order valence-electron chi connectivity index (χ0n) is 13.1. The molecular formula is C15H22N2O4. The maximum Gasteiger partial charge on any atom is 0.407 e. The van der Waals surface area contributed by atoms with Gasteiger partial charge in [-0.25, -0.2) is 9.59 Å². The fourth-order valence-corrected chi connectivity index (χ4v) is 1.61. The van der Waals surface area contributed by atoms with Crippen molar-refractivity contribution in [2.75, 3.05) is 6.61 Å². The lowest BCUT2D eigenvalue weighted by atomic mass is 10.1. The van der Waals surface area contributed by atoms with Gasteiger partial charge in [0.05, 0.1) is 24.4 Å². The largest absolute Gasteiger partial charge is 0.462 e. The second-order valence-corrected chi connectivity index (χ2v) is 5.52. The normalized spacial score (nSPS) is 10.9. The van der Waals surface area contributed by atoms with Crippen molar-refractivity contribution in [3.63, 3.8) is 0 Å². The molecule has 0 fully saturated rings. The molecule has 6 heteroatoms. The van der Waals surface area contributed by atoms with Gasteiger partial charge in [0, 0.05) is 5.69 Å². The first-order chi connectivity index (χ1) is 9.73. The molecule has 0 bridgehead atoms. The molecule has 0 spiro atoms. The van der Waals surface area contributed by atoms with Crippen molar-refractivity contribution in [2.45, 2.75) is 46.8 Å². The summed E-state index contributed by atoms with van der Waals surface area (Å²) in [7, 11) is 0. The van der Waals surface area contributed by atoms with Gasteiger partial charge in [-0.1, -0.05) is 0 Å². The molecule has 0 radical (unpaired) electrons. The highest BCUT2D eigenvalue weighted by molar-refractivity contribution is 5.90. The van der Waals surface area contributed by atoms with Crippen molar-refractivity contribution < 1.29 is 19.1 Å². The molecule has 0 aliphatic heterocycles. The first-order valence-corrected chi connectivity index (χ1v) is 6.83. The summed E-state index contributed by atoms with van der Waals surface area (Å²) in [6.45, 7) is 9.27. The van der Waals surface area contributed by atoms with Crippen LogP contribution in [0.3, 0.4) is 0 Å². The third-order valence-electron chi connectivity index (χ3n) is 2.41. The Morgan fingerprint density at radius 2 is 1.95 bits per heavy atom. The molecule has 1 aromatic heterocycles. The third-order valence-corrected chi connectivity index (χ3v) is 2.41. The fraction of sp³-hybridized carbons (Fsp3) is 0.533. The Hall–Kier alpha value is -2.11. The van der Waals surface area contributed by atoms with Crippen molar-refractivity contribution in [1.29, 1.82) is 0 Å². The van der Waals surface area contributed by atoms with Crippen molar-refractivity contribution in [1.82, 2.24) is 10.3 Å². The topological polar surface area (TPSA) is 77.5 Å². The monoisotopic (exact) mass is 294 g/mol. The molecule has 0 aliphatic carbocycles. The number of pyridine rings is 1. The summed E-state index contributed by atoms with van der Waals surface area (Å²) in [5.74, 6) is -0.453. The molecule has 0 saturated heterocycles. The van der Waals surface area contributed by atoms with E-state index in [4.69, 9.17) is 9.47 Å². The lowest BCUT2D eigenvalue weighted by molar-refractivity contribution is 0.0501. The first kappa shape index (κ1) is 16.9. The maximum atomic E-state index is 11.8. The molecule has 1 amide bonds. The number of nitrogens with zero attached hydrogens (tertiary/aromatic N) is 1. The van der Waals surface area contributed by atoms with Crippen LogP contribution in [0.15, 0.2) is 12.1 Å². The van der Waals surface area contributed by atoms with Crippen molar-refractivity contribution in [3.8, 4) is 0 Å². The number of aryl methyl sites for hydroxylation is 1. The quantitative estimate of drug-likeness (QED) is 0.864. The van der Waals surface area contributed by atoms with Crippen LogP contribution in [-0.4, -0.2) is 29.3 Å². The molecule has 0 saturated carbocycles. The Morgan fingerprint density at radius 1 is 1.29 bits per heavy atom. The van der Waals surface area contributed by atoms with Crippen molar-refractivity contribution in [2.24, 2.45) is 0 Å². The number of esters is 1. The van der Waals surface area contributed by atoms with Crippen molar-refractivity contribution >= 4 is 12.1 Å². The standard InChI is InChI=1S/C15H22N2O4/c1-6-20-13(18)11-8-7-10(2)17-12(11)9-16-14(19)21-15(3,4)5/h7-8H,6,9H2,1-5H3,(H,16,19). The van der Waals surface area contributed by atoms with Crippen LogP contribution >= 0.6 is 0 Å². The van der Waals surface area contributed by atoms with Crippen molar-refractivity contribution in [3.05, 3.63) is 29.1 Å². The molecule has 21 heavy (non-hydrogen) atoms. The minimum absolute atomic E-state index is 0.102. The molecule has 0 atom stereocenters. The Morgan fingerprint density at radius 3 is 2.52 bits per heavy atom. The van der Waals surface area contributed by atoms with Gasteiger partial charge in [-0.3, -0.25) is 4.98 Å². The summed E-state index contributed by atoms with van der Waals surface area (Å²) >= 11 is 0. The van der Waals surface area contributed by atoms with Crippen LogP contribution in [0, 0.1) is 6.92 Å². The van der Waals surface area contributed by atoms with Crippen LogP contribution in [0.25, 0.3) is 0 Å². The van der Waals surface area contributed by atoms with Gasteiger partial charge < -0.3 is 14.8 Å². The molecule has 1 aromatic rings. The second kappa shape index (κ2) is 7.06. The summed E-state index contributed by atoms with van der Waals surface area (Å²) in [5.41, 5.74) is 0.982. The SMILES string of the molecule is CCOC(=O)c1ccc(C)nc1CNC(=O)OC(C)(C)C. The number of hydrogen-bond donors (Lipinski definition) is 1. The van der Waals surface area contributed by atoms with Gasteiger partial charge in [-0.05, 0) is 46.8 Å². The van der Waals surface area contributed by atoms with Crippen LogP contribution in [0.1, 0.15) is 49.4 Å². The number of carbonyl (C=O) groups is 2. The van der Waals surface area contributed by atoms with E-state index in [0.29, 0.717) is 11.3 Å². The zero-order valence-corrected chi connectivity index (χ0v) is 13.1. The first-order valence-electron chi connectivity index (χ1n) is 6.83. The van der Waals surface area contributed by atoms with E-state index >= 15 is 0 Å². The lowest BCUT2D eigenvalue weighted by Crippen LogP contribution is -2.32. The molecule has 6 nitrogen and oxygen atoms in total. The number of rotatable bonds is 4. The van der Waals surface area contributed by atoms with E-state index in [1.54, 1.807) is 39.8 Å². The van der Waals surface area contributed by atoms with Gasteiger partial charge in [0.15, 0.2) is 0 Å². The highest BCUT2D eigenvalue weighted by Crippen LogP contribution is 2.11. The molecule has 1 rings (SSSR count). The predicted octanol–water partition coefficient (Wildman–Crippen LogP) is 2.59. The summed E-state index contributed by atoms with van der Waals surface area (Å²) in [6, 6.07) is 3.37. The average molecular weight is 294 g/mol.